The van der Waals surface area contributed by atoms with Gasteiger partial charge in [0.2, 0.25) is 5.91 Å². The Labute approximate surface area is 142 Å². The fourth-order valence-corrected chi connectivity index (χ4v) is 2.53. The molecule has 0 unspecified atom stereocenters. The Balaban J connectivity index is 1.83. The summed E-state index contributed by atoms with van der Waals surface area (Å²) in [5, 5.41) is 11.2. The van der Waals surface area contributed by atoms with Crippen molar-refractivity contribution in [3.05, 3.63) is 11.6 Å². The van der Waals surface area contributed by atoms with Gasteiger partial charge in [0.05, 0.1) is 6.54 Å². The maximum absolute atomic E-state index is 12.0. The van der Waals surface area contributed by atoms with Crippen LogP contribution in [0.3, 0.4) is 0 Å². The molecule has 8 nitrogen and oxygen atoms in total. The van der Waals surface area contributed by atoms with Crippen LogP contribution in [-0.2, 0) is 29.0 Å². The number of fused-ring (bicyclic) bond motifs is 1. The van der Waals surface area contributed by atoms with Gasteiger partial charge in [-0.3, -0.25) is 4.79 Å². The number of nitrogens with one attached hydrogen (secondary N) is 1. The van der Waals surface area contributed by atoms with Gasteiger partial charge in [-0.05, 0) is 33.6 Å². The largest absolute Gasteiger partial charge is 0.444 e. The summed E-state index contributed by atoms with van der Waals surface area (Å²) in [6.07, 6.45) is 3.84. The van der Waals surface area contributed by atoms with E-state index in [0.29, 0.717) is 6.54 Å². The highest BCUT2D eigenvalue weighted by Gasteiger charge is 2.21. The number of carbonyl (C=O) groups is 2. The Morgan fingerprint density at radius 1 is 1.25 bits per heavy atom. The molecule has 1 aliphatic rings. The number of hydrogen-bond acceptors (Lipinski definition) is 5. The summed E-state index contributed by atoms with van der Waals surface area (Å²) in [5.74, 6) is 1.50. The molecule has 1 aliphatic heterocycles. The summed E-state index contributed by atoms with van der Waals surface area (Å²) >= 11 is 0. The SMILES string of the molecule is CN(CC(=O)NCc1nnc2n1CCCCC2)C(=O)OC(C)(C)C. The van der Waals surface area contributed by atoms with Gasteiger partial charge < -0.3 is 19.5 Å². The number of likely N-dealkylation sites (N-methyl/N-ethyl adjacent to an activating group) is 1. The average molecular weight is 337 g/mol. The highest BCUT2D eigenvalue weighted by atomic mass is 16.6. The summed E-state index contributed by atoms with van der Waals surface area (Å²) in [6.45, 7) is 6.51. The topological polar surface area (TPSA) is 89.4 Å². The van der Waals surface area contributed by atoms with Gasteiger partial charge in [0, 0.05) is 20.0 Å². The Bertz CT molecular complexity index is 591. The molecule has 0 saturated heterocycles. The minimum absolute atomic E-state index is 0.0596. The number of aryl methyl sites for hydroxylation is 1. The number of hydrogen-bond donors (Lipinski definition) is 1. The highest BCUT2D eigenvalue weighted by molar-refractivity contribution is 5.82. The van der Waals surface area contributed by atoms with E-state index in [1.54, 1.807) is 20.8 Å². The fourth-order valence-electron chi connectivity index (χ4n) is 2.53. The van der Waals surface area contributed by atoms with Crippen LogP contribution in [0.1, 0.15) is 51.7 Å². The number of aromatic nitrogens is 3. The van der Waals surface area contributed by atoms with Crippen molar-refractivity contribution in [1.29, 1.82) is 0 Å². The molecule has 8 heteroatoms. The van der Waals surface area contributed by atoms with E-state index >= 15 is 0 Å². The van der Waals surface area contributed by atoms with Crippen molar-refractivity contribution in [2.24, 2.45) is 0 Å². The highest BCUT2D eigenvalue weighted by Crippen LogP contribution is 2.14. The summed E-state index contributed by atoms with van der Waals surface area (Å²) in [7, 11) is 1.54. The molecule has 24 heavy (non-hydrogen) atoms. The first kappa shape index (κ1) is 18.2. The lowest BCUT2D eigenvalue weighted by atomic mass is 10.2. The van der Waals surface area contributed by atoms with Crippen molar-refractivity contribution in [2.75, 3.05) is 13.6 Å². The molecular weight excluding hydrogens is 310 g/mol. The van der Waals surface area contributed by atoms with Crippen LogP contribution < -0.4 is 5.32 Å². The molecule has 0 aliphatic carbocycles. The third kappa shape index (κ3) is 5.21. The lowest BCUT2D eigenvalue weighted by molar-refractivity contribution is -0.122. The number of carbonyl (C=O) groups excluding carboxylic acids is 2. The lowest BCUT2D eigenvalue weighted by Gasteiger charge is -2.24. The van der Waals surface area contributed by atoms with Crippen LogP contribution in [-0.4, -0.2) is 50.9 Å². The molecule has 1 aromatic heterocycles. The predicted molar refractivity (Wildman–Crippen MR) is 88.3 cm³/mol. The normalized spacial score (nSPS) is 14.5. The molecule has 0 fully saturated rings. The molecule has 2 rings (SSSR count). The third-order valence-electron chi connectivity index (χ3n) is 3.72. The van der Waals surface area contributed by atoms with Crippen LogP contribution in [0, 0.1) is 0 Å². The fraction of sp³-hybridized carbons (Fsp3) is 0.750. The monoisotopic (exact) mass is 337 g/mol. The zero-order chi connectivity index (χ0) is 17.7. The van der Waals surface area contributed by atoms with Crippen molar-refractivity contribution in [2.45, 2.75) is 65.1 Å². The van der Waals surface area contributed by atoms with E-state index in [4.69, 9.17) is 4.74 Å². The molecule has 0 saturated carbocycles. The van der Waals surface area contributed by atoms with E-state index in [-0.39, 0.29) is 12.5 Å². The van der Waals surface area contributed by atoms with Crippen molar-refractivity contribution in [1.82, 2.24) is 25.0 Å². The van der Waals surface area contributed by atoms with Crippen LogP contribution >= 0.6 is 0 Å². The molecule has 2 amide bonds. The predicted octanol–water partition coefficient (Wildman–Crippen LogP) is 1.49. The van der Waals surface area contributed by atoms with Crippen molar-refractivity contribution in [3.63, 3.8) is 0 Å². The summed E-state index contributed by atoms with van der Waals surface area (Å²) in [5.41, 5.74) is -0.582. The summed E-state index contributed by atoms with van der Waals surface area (Å²) in [6, 6.07) is 0. The quantitative estimate of drug-likeness (QED) is 0.899. The lowest BCUT2D eigenvalue weighted by Crippen LogP contribution is -2.41. The standard InChI is InChI=1S/C16H27N5O3/c1-16(2,3)24-15(23)20(4)11-14(22)17-10-13-19-18-12-8-6-5-7-9-21(12)13/h5-11H2,1-4H3,(H,17,22). The van der Waals surface area contributed by atoms with Crippen LogP contribution in [0.5, 0.6) is 0 Å². The van der Waals surface area contributed by atoms with E-state index in [1.165, 1.54) is 18.4 Å². The number of amides is 2. The second kappa shape index (κ2) is 7.63. The van der Waals surface area contributed by atoms with E-state index in [0.717, 1.165) is 37.5 Å². The van der Waals surface area contributed by atoms with E-state index < -0.39 is 11.7 Å². The first-order valence-corrected chi connectivity index (χ1v) is 8.38. The minimum Gasteiger partial charge on any atom is -0.444 e. The minimum atomic E-state index is -0.582. The second-order valence-corrected chi connectivity index (χ2v) is 7.11. The van der Waals surface area contributed by atoms with Gasteiger partial charge in [0.15, 0.2) is 5.82 Å². The molecule has 1 N–H and O–H groups in total. The third-order valence-corrected chi connectivity index (χ3v) is 3.72. The van der Waals surface area contributed by atoms with Crippen LogP contribution in [0.15, 0.2) is 0 Å². The van der Waals surface area contributed by atoms with Gasteiger partial charge in [0.1, 0.15) is 18.0 Å². The van der Waals surface area contributed by atoms with Crippen molar-refractivity contribution < 1.29 is 14.3 Å². The molecule has 2 heterocycles. The zero-order valence-corrected chi connectivity index (χ0v) is 15.0. The first-order valence-electron chi connectivity index (χ1n) is 8.38. The number of ether oxygens (including phenoxy) is 1. The van der Waals surface area contributed by atoms with Gasteiger partial charge in [-0.15, -0.1) is 10.2 Å². The maximum Gasteiger partial charge on any atom is 0.410 e. The second-order valence-electron chi connectivity index (χ2n) is 7.11. The Kier molecular flexibility index (Phi) is 5.80. The molecular formula is C16H27N5O3. The smallest absolute Gasteiger partial charge is 0.410 e. The Morgan fingerprint density at radius 3 is 2.71 bits per heavy atom. The zero-order valence-electron chi connectivity index (χ0n) is 15.0. The van der Waals surface area contributed by atoms with Gasteiger partial charge in [-0.25, -0.2) is 4.79 Å². The molecule has 0 atom stereocenters. The molecule has 1 aromatic rings. The molecule has 0 spiro atoms. The average Bonchev–Trinajstić information content (AvgIpc) is 2.70. The summed E-state index contributed by atoms with van der Waals surface area (Å²) < 4.78 is 7.31. The van der Waals surface area contributed by atoms with Gasteiger partial charge in [-0.2, -0.15) is 0 Å². The van der Waals surface area contributed by atoms with Gasteiger partial charge >= 0.3 is 6.09 Å². The molecule has 0 radical (unpaired) electrons. The van der Waals surface area contributed by atoms with Crippen LogP contribution in [0.2, 0.25) is 0 Å². The van der Waals surface area contributed by atoms with Crippen molar-refractivity contribution >= 4 is 12.0 Å². The van der Waals surface area contributed by atoms with Crippen LogP contribution in [0.4, 0.5) is 4.79 Å². The van der Waals surface area contributed by atoms with Gasteiger partial charge in [0.25, 0.3) is 0 Å². The Hall–Kier alpha value is -2.12. The molecule has 0 bridgehead atoms. The van der Waals surface area contributed by atoms with Crippen molar-refractivity contribution in [3.8, 4) is 0 Å². The molecule has 134 valence electrons. The van der Waals surface area contributed by atoms with E-state index in [9.17, 15) is 9.59 Å². The van der Waals surface area contributed by atoms with Crippen LogP contribution in [0.25, 0.3) is 0 Å². The van der Waals surface area contributed by atoms with E-state index in [1.807, 2.05) is 0 Å². The number of rotatable bonds is 4. The van der Waals surface area contributed by atoms with Gasteiger partial charge in [-0.1, -0.05) is 6.42 Å². The Morgan fingerprint density at radius 2 is 2.00 bits per heavy atom. The first-order chi connectivity index (χ1) is 11.3. The molecule has 0 aromatic carbocycles. The summed E-state index contributed by atoms with van der Waals surface area (Å²) in [4.78, 5) is 25.1. The number of nitrogens with zero attached hydrogens (tertiary/aromatic N) is 4. The maximum atomic E-state index is 12.0. The van der Waals surface area contributed by atoms with E-state index in [2.05, 4.69) is 20.1 Å².